The van der Waals surface area contributed by atoms with Gasteiger partial charge in [0.15, 0.2) is 0 Å². The number of hydrogen-bond acceptors (Lipinski definition) is 3. The molecule has 0 aliphatic heterocycles. The molecule has 2 aromatic carbocycles. The summed E-state index contributed by atoms with van der Waals surface area (Å²) in [4.78, 5) is 0.664. The summed E-state index contributed by atoms with van der Waals surface area (Å²) in [6.45, 7) is 3.85. The molecule has 2 rings (SSSR count). The number of halogens is 1. The van der Waals surface area contributed by atoms with E-state index in [4.69, 9.17) is 4.74 Å². The number of benzene rings is 2. The molecule has 2 nitrogen and oxygen atoms in total. The maximum Gasteiger partial charge on any atom is 0.136 e. The molecule has 0 heterocycles. The molecule has 1 N–H and O–H groups in total. The van der Waals surface area contributed by atoms with Crippen molar-refractivity contribution in [3.8, 4) is 5.75 Å². The Hall–Kier alpha value is -1.52. The Balaban J connectivity index is 2.12. The summed E-state index contributed by atoms with van der Waals surface area (Å²) in [5, 5.41) is 3.30. The molecule has 0 aromatic heterocycles. The Kier molecular flexibility index (Phi) is 6.08. The van der Waals surface area contributed by atoms with Crippen LogP contribution in [0.3, 0.4) is 0 Å². The van der Waals surface area contributed by atoms with E-state index in [0.717, 1.165) is 24.4 Å². The highest BCUT2D eigenvalue weighted by molar-refractivity contribution is 7.98. The van der Waals surface area contributed by atoms with E-state index in [1.54, 1.807) is 19.2 Å². The van der Waals surface area contributed by atoms with Crippen molar-refractivity contribution in [2.24, 2.45) is 0 Å². The lowest BCUT2D eigenvalue weighted by atomic mass is 10.1. The van der Waals surface area contributed by atoms with Crippen molar-refractivity contribution in [3.63, 3.8) is 0 Å². The summed E-state index contributed by atoms with van der Waals surface area (Å²) in [6, 6.07) is 13.0. The Morgan fingerprint density at radius 3 is 2.71 bits per heavy atom. The van der Waals surface area contributed by atoms with Gasteiger partial charge in [0.05, 0.1) is 7.11 Å². The first-order valence-electron chi connectivity index (χ1n) is 6.98. The number of hydrogen-bond donors (Lipinski definition) is 1. The maximum atomic E-state index is 13.7. The summed E-state index contributed by atoms with van der Waals surface area (Å²) in [7, 11) is 1.66. The molecule has 0 radical (unpaired) electrons. The van der Waals surface area contributed by atoms with Gasteiger partial charge in [-0.3, -0.25) is 0 Å². The van der Waals surface area contributed by atoms with E-state index in [1.807, 2.05) is 12.1 Å². The van der Waals surface area contributed by atoms with Gasteiger partial charge in [-0.2, -0.15) is 0 Å². The molecule has 0 atom stereocenters. The quantitative estimate of drug-likeness (QED) is 0.773. The van der Waals surface area contributed by atoms with Crippen molar-refractivity contribution in [2.75, 3.05) is 13.7 Å². The van der Waals surface area contributed by atoms with Gasteiger partial charge < -0.3 is 10.1 Å². The molecule has 0 unspecified atom stereocenters. The van der Waals surface area contributed by atoms with Crippen LogP contribution >= 0.6 is 11.8 Å². The lowest BCUT2D eigenvalue weighted by molar-refractivity contribution is 0.411. The fraction of sp³-hybridized carbons (Fsp3) is 0.294. The first-order valence-corrected chi connectivity index (χ1v) is 7.97. The SMILES string of the molecule is CCNCc1ccc(OC)c(CSc2ccccc2F)c1. The van der Waals surface area contributed by atoms with Crippen LogP contribution in [0.1, 0.15) is 18.1 Å². The molecule has 0 saturated heterocycles. The second kappa shape index (κ2) is 8.05. The molecule has 0 spiro atoms. The molecular formula is C17H20FNOS. The van der Waals surface area contributed by atoms with E-state index < -0.39 is 0 Å². The molecule has 0 bridgehead atoms. The molecule has 0 aliphatic carbocycles. The van der Waals surface area contributed by atoms with E-state index in [0.29, 0.717) is 10.6 Å². The number of ether oxygens (including phenoxy) is 1. The normalized spacial score (nSPS) is 10.6. The van der Waals surface area contributed by atoms with Gasteiger partial charge in [-0.05, 0) is 36.4 Å². The third kappa shape index (κ3) is 4.48. The fourth-order valence-corrected chi connectivity index (χ4v) is 2.96. The van der Waals surface area contributed by atoms with E-state index in [1.165, 1.54) is 23.4 Å². The van der Waals surface area contributed by atoms with Crippen LogP contribution < -0.4 is 10.1 Å². The summed E-state index contributed by atoms with van der Waals surface area (Å²) in [5.74, 6) is 1.36. The zero-order valence-electron chi connectivity index (χ0n) is 12.4. The van der Waals surface area contributed by atoms with Crippen molar-refractivity contribution in [3.05, 3.63) is 59.4 Å². The Bertz CT molecular complexity index is 589. The third-order valence-corrected chi connectivity index (χ3v) is 4.24. The second-order valence-corrected chi connectivity index (χ2v) is 5.66. The van der Waals surface area contributed by atoms with Crippen LogP contribution in [0.25, 0.3) is 0 Å². The van der Waals surface area contributed by atoms with Gasteiger partial charge in [-0.15, -0.1) is 11.8 Å². The van der Waals surface area contributed by atoms with Gasteiger partial charge in [-0.25, -0.2) is 4.39 Å². The highest BCUT2D eigenvalue weighted by Crippen LogP contribution is 2.30. The zero-order chi connectivity index (χ0) is 15.1. The Labute approximate surface area is 129 Å². The number of methoxy groups -OCH3 is 1. The van der Waals surface area contributed by atoms with Gasteiger partial charge in [0.25, 0.3) is 0 Å². The molecule has 0 amide bonds. The topological polar surface area (TPSA) is 21.3 Å². The minimum Gasteiger partial charge on any atom is -0.496 e. The lowest BCUT2D eigenvalue weighted by Crippen LogP contribution is -2.11. The number of rotatable bonds is 7. The average Bonchev–Trinajstić information content (AvgIpc) is 2.52. The van der Waals surface area contributed by atoms with Gasteiger partial charge in [0.1, 0.15) is 11.6 Å². The smallest absolute Gasteiger partial charge is 0.136 e. The largest absolute Gasteiger partial charge is 0.496 e. The monoisotopic (exact) mass is 305 g/mol. The molecule has 0 saturated carbocycles. The number of nitrogens with one attached hydrogen (secondary N) is 1. The van der Waals surface area contributed by atoms with E-state index in [-0.39, 0.29) is 5.82 Å². The summed E-state index contributed by atoms with van der Waals surface area (Å²) < 4.78 is 19.1. The number of thioether (sulfide) groups is 1. The van der Waals surface area contributed by atoms with E-state index in [9.17, 15) is 4.39 Å². The third-order valence-electron chi connectivity index (χ3n) is 3.14. The predicted molar refractivity (Wildman–Crippen MR) is 86.3 cm³/mol. The van der Waals surface area contributed by atoms with Crippen LogP contribution in [0, 0.1) is 5.82 Å². The van der Waals surface area contributed by atoms with Gasteiger partial charge in [0.2, 0.25) is 0 Å². The minimum absolute atomic E-state index is 0.176. The Morgan fingerprint density at radius 2 is 2.00 bits per heavy atom. The summed E-state index contributed by atoms with van der Waals surface area (Å²) >= 11 is 1.49. The van der Waals surface area contributed by atoms with Crippen LogP contribution in [0.4, 0.5) is 4.39 Å². The fourth-order valence-electron chi connectivity index (χ4n) is 2.04. The molecule has 112 valence electrons. The van der Waals surface area contributed by atoms with Crippen LogP contribution in [0.15, 0.2) is 47.4 Å². The van der Waals surface area contributed by atoms with Crippen molar-refractivity contribution in [2.45, 2.75) is 24.1 Å². The van der Waals surface area contributed by atoms with Crippen molar-refractivity contribution in [1.82, 2.24) is 5.32 Å². The van der Waals surface area contributed by atoms with Crippen LogP contribution in [0.5, 0.6) is 5.75 Å². The molecule has 4 heteroatoms. The maximum absolute atomic E-state index is 13.7. The van der Waals surface area contributed by atoms with Crippen molar-refractivity contribution in [1.29, 1.82) is 0 Å². The van der Waals surface area contributed by atoms with Crippen LogP contribution in [-0.2, 0) is 12.3 Å². The van der Waals surface area contributed by atoms with E-state index in [2.05, 4.69) is 24.4 Å². The summed E-state index contributed by atoms with van der Waals surface area (Å²) in [6.07, 6.45) is 0. The first-order chi connectivity index (χ1) is 10.2. The molecule has 2 aromatic rings. The van der Waals surface area contributed by atoms with Crippen LogP contribution in [0.2, 0.25) is 0 Å². The lowest BCUT2D eigenvalue weighted by Gasteiger charge is -2.11. The minimum atomic E-state index is -0.176. The van der Waals surface area contributed by atoms with Crippen LogP contribution in [-0.4, -0.2) is 13.7 Å². The zero-order valence-corrected chi connectivity index (χ0v) is 13.2. The van der Waals surface area contributed by atoms with Gasteiger partial charge in [0, 0.05) is 22.8 Å². The molecule has 0 aliphatic rings. The van der Waals surface area contributed by atoms with Gasteiger partial charge in [-0.1, -0.05) is 25.1 Å². The highest BCUT2D eigenvalue weighted by Gasteiger charge is 2.07. The van der Waals surface area contributed by atoms with Crippen molar-refractivity contribution >= 4 is 11.8 Å². The summed E-state index contributed by atoms with van der Waals surface area (Å²) in [5.41, 5.74) is 2.29. The molecular weight excluding hydrogens is 285 g/mol. The first kappa shape index (κ1) is 15.9. The predicted octanol–water partition coefficient (Wildman–Crippen LogP) is 4.24. The van der Waals surface area contributed by atoms with Crippen molar-refractivity contribution < 1.29 is 9.13 Å². The highest BCUT2D eigenvalue weighted by atomic mass is 32.2. The van der Waals surface area contributed by atoms with Gasteiger partial charge >= 0.3 is 0 Å². The average molecular weight is 305 g/mol. The molecule has 21 heavy (non-hydrogen) atoms. The standard InChI is InChI=1S/C17H20FNOS/c1-3-19-11-13-8-9-16(20-2)14(10-13)12-21-17-7-5-4-6-15(17)18/h4-10,19H,3,11-12H2,1-2H3. The second-order valence-electron chi connectivity index (χ2n) is 4.65. The molecule has 0 fully saturated rings. The Morgan fingerprint density at radius 1 is 1.19 bits per heavy atom. The van der Waals surface area contributed by atoms with E-state index >= 15 is 0 Å².